The zero-order chi connectivity index (χ0) is 10.4. The summed E-state index contributed by atoms with van der Waals surface area (Å²) in [4.78, 5) is 0. The highest BCUT2D eigenvalue weighted by atomic mass is 28.4. The third kappa shape index (κ3) is 5.78. The molecule has 1 fully saturated rings. The average molecular weight is 216 g/mol. The van der Waals surface area contributed by atoms with E-state index in [2.05, 4.69) is 20.0 Å². The largest absolute Gasteiger partial charge is 0.417 e. The third-order valence-corrected chi connectivity index (χ3v) is 5.24. The monoisotopic (exact) mass is 216 g/mol. The highest BCUT2D eigenvalue weighted by Gasteiger charge is 2.23. The lowest BCUT2D eigenvalue weighted by Crippen LogP contribution is -2.30. The minimum Gasteiger partial charge on any atom is -0.417 e. The first-order valence-electron chi connectivity index (χ1n) is 5.89. The van der Waals surface area contributed by atoms with Gasteiger partial charge in [-0.25, -0.2) is 0 Å². The van der Waals surface area contributed by atoms with Crippen molar-refractivity contribution >= 4 is 8.32 Å². The summed E-state index contributed by atoms with van der Waals surface area (Å²) in [5, 5.41) is 0. The standard InChI is InChI=1S/C11H24O2Si/c1-4-5-9-14(2,3)13-8-6-7-11-10-12-11/h11H,4-10H2,1-3H3. The molecule has 1 saturated heterocycles. The molecule has 0 radical (unpaired) electrons. The van der Waals surface area contributed by atoms with Crippen molar-refractivity contribution in [2.75, 3.05) is 13.2 Å². The molecule has 0 spiro atoms. The Balaban J connectivity index is 1.96. The second-order valence-corrected chi connectivity index (χ2v) is 9.12. The molecule has 14 heavy (non-hydrogen) atoms. The molecule has 0 bridgehead atoms. The van der Waals surface area contributed by atoms with Gasteiger partial charge < -0.3 is 9.16 Å². The Hall–Kier alpha value is 0.137. The molecular weight excluding hydrogens is 192 g/mol. The lowest BCUT2D eigenvalue weighted by Gasteiger charge is -2.22. The van der Waals surface area contributed by atoms with Crippen molar-refractivity contribution in [2.45, 2.75) is 57.8 Å². The van der Waals surface area contributed by atoms with Crippen LogP contribution in [0.15, 0.2) is 0 Å². The number of hydrogen-bond donors (Lipinski definition) is 0. The first-order valence-corrected chi connectivity index (χ1v) is 9.01. The molecule has 1 aliphatic rings. The third-order valence-electron chi connectivity index (χ3n) is 2.70. The van der Waals surface area contributed by atoms with Crippen LogP contribution in [-0.2, 0) is 9.16 Å². The molecule has 0 aromatic heterocycles. The van der Waals surface area contributed by atoms with E-state index >= 15 is 0 Å². The number of unbranched alkanes of at least 4 members (excludes halogenated alkanes) is 1. The molecule has 84 valence electrons. The molecule has 0 saturated carbocycles. The molecule has 2 nitrogen and oxygen atoms in total. The molecule has 1 heterocycles. The zero-order valence-corrected chi connectivity index (χ0v) is 10.8. The quantitative estimate of drug-likeness (QED) is 0.353. The fourth-order valence-corrected chi connectivity index (χ4v) is 3.62. The van der Waals surface area contributed by atoms with E-state index in [1.54, 1.807) is 0 Å². The molecule has 1 atom stereocenters. The van der Waals surface area contributed by atoms with Crippen LogP contribution in [0.4, 0.5) is 0 Å². The minimum atomic E-state index is -1.32. The van der Waals surface area contributed by atoms with Crippen molar-refractivity contribution < 1.29 is 9.16 Å². The van der Waals surface area contributed by atoms with Gasteiger partial charge in [-0.3, -0.25) is 0 Å². The SMILES string of the molecule is CCCC[Si](C)(C)OCCCC1CO1. The van der Waals surface area contributed by atoms with Crippen LogP contribution in [0.1, 0.15) is 32.6 Å². The van der Waals surface area contributed by atoms with E-state index in [4.69, 9.17) is 9.16 Å². The number of epoxide rings is 1. The average Bonchev–Trinajstić information content (AvgIpc) is 2.93. The summed E-state index contributed by atoms with van der Waals surface area (Å²) < 4.78 is 11.2. The molecule has 0 N–H and O–H groups in total. The van der Waals surface area contributed by atoms with Gasteiger partial charge in [-0.2, -0.15) is 0 Å². The van der Waals surface area contributed by atoms with Crippen LogP contribution < -0.4 is 0 Å². The maximum atomic E-state index is 5.99. The molecule has 1 aliphatic heterocycles. The lowest BCUT2D eigenvalue weighted by atomic mass is 10.3. The fraction of sp³-hybridized carbons (Fsp3) is 1.00. The van der Waals surface area contributed by atoms with Crippen LogP contribution in [0.5, 0.6) is 0 Å². The summed E-state index contributed by atoms with van der Waals surface area (Å²) in [6.45, 7) is 8.83. The number of rotatable bonds is 8. The minimum absolute atomic E-state index is 0.569. The Labute approximate surface area is 89.1 Å². The summed E-state index contributed by atoms with van der Waals surface area (Å²) >= 11 is 0. The molecule has 3 heteroatoms. The van der Waals surface area contributed by atoms with Crippen molar-refractivity contribution in [3.8, 4) is 0 Å². The molecular formula is C11H24O2Si. The Morgan fingerprint density at radius 3 is 2.64 bits per heavy atom. The van der Waals surface area contributed by atoms with E-state index in [0.717, 1.165) is 13.2 Å². The second kappa shape index (κ2) is 5.88. The summed E-state index contributed by atoms with van der Waals surface area (Å²) in [6, 6.07) is 1.31. The van der Waals surface area contributed by atoms with Crippen LogP contribution in [0.2, 0.25) is 19.1 Å². The van der Waals surface area contributed by atoms with Gasteiger partial charge in [-0.15, -0.1) is 0 Å². The smallest absolute Gasteiger partial charge is 0.186 e. The molecule has 0 amide bonds. The van der Waals surface area contributed by atoms with Gasteiger partial charge in [0.05, 0.1) is 12.7 Å². The van der Waals surface area contributed by atoms with Crippen molar-refractivity contribution in [2.24, 2.45) is 0 Å². The van der Waals surface area contributed by atoms with Gasteiger partial charge in [0, 0.05) is 6.61 Å². The molecule has 0 aromatic rings. The maximum Gasteiger partial charge on any atom is 0.186 e. The van der Waals surface area contributed by atoms with Crippen molar-refractivity contribution in [3.05, 3.63) is 0 Å². The van der Waals surface area contributed by atoms with Crippen LogP contribution in [-0.4, -0.2) is 27.6 Å². The van der Waals surface area contributed by atoms with Crippen LogP contribution >= 0.6 is 0 Å². The fourth-order valence-electron chi connectivity index (χ4n) is 1.57. The highest BCUT2D eigenvalue weighted by molar-refractivity contribution is 6.71. The van der Waals surface area contributed by atoms with E-state index in [1.807, 2.05) is 0 Å². The molecule has 0 aliphatic carbocycles. The van der Waals surface area contributed by atoms with Crippen LogP contribution in [0, 0.1) is 0 Å². The van der Waals surface area contributed by atoms with Crippen LogP contribution in [0.25, 0.3) is 0 Å². The van der Waals surface area contributed by atoms with Gasteiger partial charge in [0.15, 0.2) is 8.32 Å². The lowest BCUT2D eigenvalue weighted by molar-refractivity contribution is 0.284. The van der Waals surface area contributed by atoms with Crippen LogP contribution in [0.3, 0.4) is 0 Å². The molecule has 1 unspecified atom stereocenters. The van der Waals surface area contributed by atoms with Gasteiger partial charge in [0.2, 0.25) is 0 Å². The van der Waals surface area contributed by atoms with Crippen molar-refractivity contribution in [1.82, 2.24) is 0 Å². The first-order chi connectivity index (χ1) is 6.64. The van der Waals surface area contributed by atoms with E-state index in [0.29, 0.717) is 6.10 Å². The Bertz CT molecular complexity index is 155. The summed E-state index contributed by atoms with van der Waals surface area (Å²) in [7, 11) is -1.32. The summed E-state index contributed by atoms with van der Waals surface area (Å²) in [5.74, 6) is 0. The van der Waals surface area contributed by atoms with Gasteiger partial charge in [0.25, 0.3) is 0 Å². The van der Waals surface area contributed by atoms with Gasteiger partial charge in [-0.05, 0) is 32.0 Å². The zero-order valence-electron chi connectivity index (χ0n) is 9.84. The second-order valence-electron chi connectivity index (χ2n) is 4.81. The Kier molecular flexibility index (Phi) is 5.13. The first kappa shape index (κ1) is 12.2. The topological polar surface area (TPSA) is 21.8 Å². The van der Waals surface area contributed by atoms with Gasteiger partial charge in [0.1, 0.15) is 0 Å². The summed E-state index contributed by atoms with van der Waals surface area (Å²) in [5.41, 5.74) is 0. The van der Waals surface area contributed by atoms with Gasteiger partial charge >= 0.3 is 0 Å². The Morgan fingerprint density at radius 2 is 2.07 bits per heavy atom. The van der Waals surface area contributed by atoms with Gasteiger partial charge in [-0.1, -0.05) is 19.8 Å². The Morgan fingerprint density at radius 1 is 1.36 bits per heavy atom. The number of hydrogen-bond acceptors (Lipinski definition) is 2. The predicted molar refractivity (Wildman–Crippen MR) is 62.1 cm³/mol. The normalized spacial score (nSPS) is 21.2. The van der Waals surface area contributed by atoms with E-state index in [-0.39, 0.29) is 0 Å². The van der Waals surface area contributed by atoms with E-state index in [1.165, 1.54) is 31.7 Å². The van der Waals surface area contributed by atoms with Crippen molar-refractivity contribution in [1.29, 1.82) is 0 Å². The predicted octanol–water partition coefficient (Wildman–Crippen LogP) is 3.19. The van der Waals surface area contributed by atoms with E-state index in [9.17, 15) is 0 Å². The maximum absolute atomic E-state index is 5.99. The number of ether oxygens (including phenoxy) is 1. The van der Waals surface area contributed by atoms with Crippen molar-refractivity contribution in [3.63, 3.8) is 0 Å². The molecule has 1 rings (SSSR count). The van der Waals surface area contributed by atoms with E-state index < -0.39 is 8.32 Å². The molecule has 0 aromatic carbocycles. The summed E-state index contributed by atoms with van der Waals surface area (Å²) in [6.07, 6.45) is 5.55. The highest BCUT2D eigenvalue weighted by Crippen LogP contribution is 2.18.